The quantitative estimate of drug-likeness (QED) is 0.145. The number of nitrogens with zero attached hydrogens (tertiary/aromatic N) is 2. The lowest BCUT2D eigenvalue weighted by Gasteiger charge is -2.22. The molecule has 0 radical (unpaired) electrons. The number of thiol groups is 1. The van der Waals surface area contributed by atoms with Crippen LogP contribution in [0.25, 0.3) is 0 Å². The average Bonchev–Trinajstić information content (AvgIpc) is 3.26. The molecule has 0 bridgehead atoms. The van der Waals surface area contributed by atoms with Gasteiger partial charge in [0.15, 0.2) is 0 Å². The van der Waals surface area contributed by atoms with Crippen LogP contribution in [0.4, 0.5) is 11.4 Å². The number of nitro benzene ring substituents is 2. The Hall–Kier alpha value is -4.10. The number of carbonyl (C=O) groups excluding carboxylic acids is 2. The molecule has 4 rings (SSSR count). The Kier molecular flexibility index (Phi) is 8.95. The van der Waals surface area contributed by atoms with Crippen LogP contribution in [0.5, 0.6) is 5.75 Å². The molecule has 0 N–H and O–H groups in total. The van der Waals surface area contributed by atoms with E-state index in [2.05, 4.69) is 0 Å². The number of hydrogen-bond acceptors (Lipinski definition) is 11. The molecule has 3 aromatic carbocycles. The molecule has 1 aliphatic rings. The minimum absolute atomic E-state index is 0.108. The van der Waals surface area contributed by atoms with Gasteiger partial charge in [-0.3, -0.25) is 20.2 Å². The maximum Gasteiger partial charge on any atom is 0.338 e. The van der Waals surface area contributed by atoms with Gasteiger partial charge in [0.1, 0.15) is 18.5 Å². The first-order chi connectivity index (χ1) is 19.1. The van der Waals surface area contributed by atoms with Gasteiger partial charge in [-0.25, -0.2) is 9.59 Å². The zero-order chi connectivity index (χ0) is 28.9. The number of ether oxygens (including phenoxy) is 3. The van der Waals surface area contributed by atoms with Crippen LogP contribution in [0.1, 0.15) is 32.7 Å². The monoisotopic (exact) mass is 584 g/mol. The molecule has 13 heteroatoms. The predicted molar refractivity (Wildman–Crippen MR) is 150 cm³/mol. The topological polar surface area (TPSA) is 148 Å². The highest BCUT2D eigenvalue weighted by Crippen LogP contribution is 2.49. The van der Waals surface area contributed by atoms with E-state index in [1.165, 1.54) is 60.3 Å². The number of non-ortho nitro benzene ring substituents is 2. The molecule has 1 heterocycles. The number of benzene rings is 3. The molecule has 1 unspecified atom stereocenters. The van der Waals surface area contributed by atoms with Crippen LogP contribution < -0.4 is 4.74 Å². The highest BCUT2D eigenvalue weighted by atomic mass is 32.2. The second-order valence-electron chi connectivity index (χ2n) is 8.98. The average molecular weight is 585 g/mol. The Labute approximate surface area is 238 Å². The predicted octanol–water partition coefficient (Wildman–Crippen LogP) is 5.27. The molecular weight excluding hydrogens is 560 g/mol. The van der Waals surface area contributed by atoms with Crippen LogP contribution >= 0.6 is 24.4 Å². The summed E-state index contributed by atoms with van der Waals surface area (Å²) in [6, 6.07) is 17.6. The molecule has 0 spiro atoms. The second-order valence-corrected chi connectivity index (χ2v) is 11.8. The normalized spacial score (nSPS) is 19.9. The maximum atomic E-state index is 12.9. The number of rotatable bonds is 10. The first-order valence-electron chi connectivity index (χ1n) is 12.0. The molecule has 0 aromatic heterocycles. The van der Waals surface area contributed by atoms with Gasteiger partial charge in [0.05, 0.1) is 37.4 Å². The van der Waals surface area contributed by atoms with Crippen LogP contribution in [-0.2, 0) is 15.9 Å². The number of nitro groups is 2. The molecule has 40 heavy (non-hydrogen) atoms. The van der Waals surface area contributed by atoms with Crippen molar-refractivity contribution in [1.82, 2.24) is 0 Å². The van der Waals surface area contributed by atoms with E-state index in [4.69, 9.17) is 26.8 Å². The summed E-state index contributed by atoms with van der Waals surface area (Å²) in [6.07, 6.45) is 0.169. The summed E-state index contributed by atoms with van der Waals surface area (Å²) in [5.74, 6) is -0.640. The second kappa shape index (κ2) is 12.4. The van der Waals surface area contributed by atoms with Gasteiger partial charge in [-0.1, -0.05) is 12.1 Å². The number of carbonyl (C=O) groups is 2. The van der Waals surface area contributed by atoms with E-state index < -0.39 is 37.2 Å². The fourth-order valence-corrected chi connectivity index (χ4v) is 6.45. The van der Waals surface area contributed by atoms with E-state index in [0.717, 1.165) is 5.56 Å². The Morgan fingerprint density at radius 3 is 1.93 bits per heavy atom. The molecule has 3 aromatic rings. The summed E-state index contributed by atoms with van der Waals surface area (Å²) in [6.45, 7) is -0.108. The molecule has 0 saturated carbocycles. The lowest BCUT2D eigenvalue weighted by Crippen LogP contribution is -2.30. The summed E-state index contributed by atoms with van der Waals surface area (Å²) in [5, 5.41) is 21.3. The van der Waals surface area contributed by atoms with Crippen LogP contribution in [0.3, 0.4) is 0 Å². The molecule has 0 amide bonds. The Bertz CT molecular complexity index is 1400. The molecule has 208 valence electrons. The van der Waals surface area contributed by atoms with E-state index in [1.54, 1.807) is 7.11 Å². The third kappa shape index (κ3) is 7.10. The molecule has 1 aliphatic heterocycles. The summed E-state index contributed by atoms with van der Waals surface area (Å²) in [5.41, 5.74) is 0.956. The van der Waals surface area contributed by atoms with Crippen LogP contribution in [0.2, 0.25) is 0 Å². The molecule has 0 aliphatic carbocycles. The van der Waals surface area contributed by atoms with Crippen molar-refractivity contribution in [2.75, 3.05) is 13.7 Å². The SMILES string of the molecule is COc1ccc(CC2(S)C[C@@H](OC(=O)c3ccc([N+](=O)[O-])cc3)[C@H](COC(=O)c3ccc([N+](=O)[O-])cc3)S2)cc1. The van der Waals surface area contributed by atoms with Crippen molar-refractivity contribution in [3.8, 4) is 5.75 Å². The Balaban J connectivity index is 1.48. The van der Waals surface area contributed by atoms with Crippen LogP contribution in [0.15, 0.2) is 72.8 Å². The van der Waals surface area contributed by atoms with Gasteiger partial charge >= 0.3 is 11.9 Å². The fraction of sp³-hybridized carbons (Fsp3) is 0.259. The highest BCUT2D eigenvalue weighted by molar-refractivity contribution is 8.12. The van der Waals surface area contributed by atoms with Crippen molar-refractivity contribution in [3.05, 3.63) is 110 Å². The van der Waals surface area contributed by atoms with E-state index >= 15 is 0 Å². The lowest BCUT2D eigenvalue weighted by atomic mass is 10.0. The van der Waals surface area contributed by atoms with Crippen molar-refractivity contribution in [2.45, 2.75) is 28.3 Å². The third-order valence-electron chi connectivity index (χ3n) is 6.21. The van der Waals surface area contributed by atoms with E-state index in [9.17, 15) is 29.8 Å². The number of hydrogen-bond donors (Lipinski definition) is 1. The number of esters is 2. The minimum atomic E-state index is -0.687. The first kappa shape index (κ1) is 28.9. The zero-order valence-corrected chi connectivity index (χ0v) is 22.8. The van der Waals surface area contributed by atoms with Gasteiger partial charge in [0.2, 0.25) is 0 Å². The van der Waals surface area contributed by atoms with Crippen molar-refractivity contribution in [2.24, 2.45) is 0 Å². The van der Waals surface area contributed by atoms with Gasteiger partial charge in [-0.05, 0) is 48.4 Å². The van der Waals surface area contributed by atoms with Gasteiger partial charge in [-0.2, -0.15) is 12.6 Å². The largest absolute Gasteiger partial charge is 0.497 e. The van der Waals surface area contributed by atoms with Crippen molar-refractivity contribution < 1.29 is 33.6 Å². The van der Waals surface area contributed by atoms with Gasteiger partial charge in [0, 0.05) is 30.7 Å². The summed E-state index contributed by atoms with van der Waals surface area (Å²) >= 11 is 6.32. The van der Waals surface area contributed by atoms with Crippen molar-refractivity contribution >= 4 is 47.7 Å². The fourth-order valence-electron chi connectivity index (χ4n) is 4.17. The molecule has 1 fully saturated rings. The standard InChI is InChI=1S/C27H24N2O9S2/c1-36-22-12-2-17(3-13-22)14-27(39)15-23(38-26(31)19-6-10-21(11-7-19)29(34)35)24(40-27)16-37-25(30)18-4-8-20(9-5-18)28(32)33/h2-13,23-24,39H,14-16H2,1H3/t23-,24+,27?/m1/s1. The molecule has 3 atom stereocenters. The zero-order valence-electron chi connectivity index (χ0n) is 21.1. The van der Waals surface area contributed by atoms with Crippen LogP contribution in [0, 0.1) is 20.2 Å². The maximum absolute atomic E-state index is 12.9. The van der Waals surface area contributed by atoms with Gasteiger partial charge < -0.3 is 14.2 Å². The Morgan fingerprint density at radius 1 is 0.900 bits per heavy atom. The van der Waals surface area contributed by atoms with E-state index in [-0.39, 0.29) is 29.1 Å². The number of methoxy groups -OCH3 is 1. The summed E-state index contributed by atoms with van der Waals surface area (Å²) in [7, 11) is 1.58. The minimum Gasteiger partial charge on any atom is -0.497 e. The van der Waals surface area contributed by atoms with Crippen LogP contribution in [-0.4, -0.2) is 50.9 Å². The molecule has 11 nitrogen and oxygen atoms in total. The van der Waals surface area contributed by atoms with E-state index in [1.807, 2.05) is 24.3 Å². The molecular formula is C27H24N2O9S2. The lowest BCUT2D eigenvalue weighted by molar-refractivity contribution is -0.385. The highest BCUT2D eigenvalue weighted by Gasteiger charge is 2.46. The third-order valence-corrected chi connectivity index (χ3v) is 8.36. The number of thioether (sulfide) groups is 1. The summed E-state index contributed by atoms with van der Waals surface area (Å²) in [4.78, 5) is 46.2. The summed E-state index contributed by atoms with van der Waals surface area (Å²) < 4.78 is 15.8. The van der Waals surface area contributed by atoms with Crippen molar-refractivity contribution in [1.29, 1.82) is 0 Å². The van der Waals surface area contributed by atoms with Gasteiger partial charge in [0.25, 0.3) is 11.4 Å². The van der Waals surface area contributed by atoms with Crippen molar-refractivity contribution in [3.63, 3.8) is 0 Å². The smallest absolute Gasteiger partial charge is 0.338 e. The first-order valence-corrected chi connectivity index (χ1v) is 13.3. The Morgan fingerprint density at radius 2 is 1.43 bits per heavy atom. The van der Waals surface area contributed by atoms with E-state index in [0.29, 0.717) is 18.6 Å². The molecule has 1 saturated heterocycles. The van der Waals surface area contributed by atoms with Gasteiger partial charge in [-0.15, -0.1) is 11.8 Å².